The van der Waals surface area contributed by atoms with Crippen molar-refractivity contribution in [1.29, 1.82) is 0 Å². The fourth-order valence-corrected chi connectivity index (χ4v) is 3.44. The van der Waals surface area contributed by atoms with E-state index in [0.29, 0.717) is 11.0 Å². The molecule has 0 atom stereocenters. The van der Waals surface area contributed by atoms with E-state index < -0.39 is 0 Å². The van der Waals surface area contributed by atoms with E-state index in [9.17, 15) is 0 Å². The lowest BCUT2D eigenvalue weighted by molar-refractivity contribution is 0.667. The second kappa shape index (κ2) is 5.74. The minimum atomic E-state index is 0.475. The van der Waals surface area contributed by atoms with Crippen LogP contribution in [0.1, 0.15) is 24.0 Å². The summed E-state index contributed by atoms with van der Waals surface area (Å²) >= 11 is 7.05. The van der Waals surface area contributed by atoms with E-state index in [4.69, 9.17) is 18.0 Å². The first-order chi connectivity index (χ1) is 8.16. The van der Waals surface area contributed by atoms with E-state index in [2.05, 4.69) is 24.4 Å². The Labute approximate surface area is 112 Å². The smallest absolute Gasteiger partial charge is 0.104 e. The Morgan fingerprint density at radius 3 is 2.71 bits per heavy atom. The zero-order valence-corrected chi connectivity index (χ0v) is 11.7. The van der Waals surface area contributed by atoms with Crippen molar-refractivity contribution in [3.8, 4) is 0 Å². The van der Waals surface area contributed by atoms with Gasteiger partial charge in [-0.05, 0) is 55.0 Å². The topological polar surface area (TPSA) is 38.0 Å². The SMILES string of the molecule is Cc1cc(NC2CCSCC2)ccc1C(N)=S. The second-order valence-corrected chi connectivity index (χ2v) is 6.09. The van der Waals surface area contributed by atoms with Crippen molar-refractivity contribution in [3.63, 3.8) is 0 Å². The summed E-state index contributed by atoms with van der Waals surface area (Å²) in [6, 6.07) is 6.84. The lowest BCUT2D eigenvalue weighted by atomic mass is 10.1. The van der Waals surface area contributed by atoms with Gasteiger partial charge >= 0.3 is 0 Å². The Hall–Kier alpha value is -0.740. The molecule has 1 fully saturated rings. The summed E-state index contributed by atoms with van der Waals surface area (Å²) in [5.41, 5.74) is 8.96. The van der Waals surface area contributed by atoms with Crippen LogP contribution in [0.3, 0.4) is 0 Å². The molecule has 0 aromatic heterocycles. The van der Waals surface area contributed by atoms with E-state index in [-0.39, 0.29) is 0 Å². The lowest BCUT2D eigenvalue weighted by Gasteiger charge is -2.24. The molecule has 2 nitrogen and oxygen atoms in total. The fourth-order valence-electron chi connectivity index (χ4n) is 2.11. The number of benzene rings is 1. The molecule has 1 saturated heterocycles. The van der Waals surface area contributed by atoms with Gasteiger partial charge in [0.1, 0.15) is 4.99 Å². The molecule has 0 spiro atoms. The van der Waals surface area contributed by atoms with Crippen molar-refractivity contribution in [2.75, 3.05) is 16.8 Å². The fraction of sp³-hybridized carbons (Fsp3) is 0.462. The highest BCUT2D eigenvalue weighted by Crippen LogP contribution is 2.22. The molecule has 1 heterocycles. The quantitative estimate of drug-likeness (QED) is 0.825. The molecule has 2 rings (SSSR count). The summed E-state index contributed by atoms with van der Waals surface area (Å²) in [6.07, 6.45) is 2.50. The summed E-state index contributed by atoms with van der Waals surface area (Å²) in [4.78, 5) is 0.475. The van der Waals surface area contributed by atoms with Gasteiger partial charge in [0.25, 0.3) is 0 Å². The lowest BCUT2D eigenvalue weighted by Crippen LogP contribution is -2.24. The minimum Gasteiger partial charge on any atom is -0.389 e. The van der Waals surface area contributed by atoms with Gasteiger partial charge in [-0.2, -0.15) is 11.8 Å². The number of nitrogens with two attached hydrogens (primary N) is 1. The average molecular weight is 266 g/mol. The van der Waals surface area contributed by atoms with Crippen molar-refractivity contribution < 1.29 is 0 Å². The molecule has 1 aliphatic rings. The minimum absolute atomic E-state index is 0.475. The maximum absolute atomic E-state index is 5.66. The highest BCUT2D eigenvalue weighted by molar-refractivity contribution is 7.99. The van der Waals surface area contributed by atoms with E-state index >= 15 is 0 Å². The van der Waals surface area contributed by atoms with Crippen molar-refractivity contribution in [3.05, 3.63) is 29.3 Å². The molecule has 1 aromatic carbocycles. The molecule has 92 valence electrons. The van der Waals surface area contributed by atoms with Gasteiger partial charge in [-0.1, -0.05) is 12.2 Å². The summed E-state index contributed by atoms with van der Waals surface area (Å²) < 4.78 is 0. The molecular formula is C13H18N2S2. The van der Waals surface area contributed by atoms with Crippen LogP contribution in [-0.2, 0) is 0 Å². The zero-order chi connectivity index (χ0) is 12.3. The third-order valence-corrected chi connectivity index (χ3v) is 4.35. The number of rotatable bonds is 3. The predicted octanol–water partition coefficient (Wildman–Crippen LogP) is 2.94. The van der Waals surface area contributed by atoms with Crippen molar-refractivity contribution in [2.24, 2.45) is 5.73 Å². The maximum Gasteiger partial charge on any atom is 0.104 e. The highest BCUT2D eigenvalue weighted by Gasteiger charge is 2.13. The largest absolute Gasteiger partial charge is 0.389 e. The van der Waals surface area contributed by atoms with Crippen LogP contribution in [0.15, 0.2) is 18.2 Å². The van der Waals surface area contributed by atoms with Crippen LogP contribution in [0, 0.1) is 6.92 Å². The van der Waals surface area contributed by atoms with Gasteiger partial charge < -0.3 is 11.1 Å². The number of thioether (sulfide) groups is 1. The molecule has 0 unspecified atom stereocenters. The van der Waals surface area contributed by atoms with E-state index in [1.54, 1.807) is 0 Å². The standard InChI is InChI=1S/C13H18N2S2/c1-9-8-11(2-3-12(9)13(14)16)15-10-4-6-17-7-5-10/h2-3,8,10,15H,4-7H2,1H3,(H2,14,16). The van der Waals surface area contributed by atoms with Gasteiger partial charge in [-0.15, -0.1) is 0 Å². The first-order valence-corrected chi connectivity index (χ1v) is 7.48. The van der Waals surface area contributed by atoms with E-state index in [1.165, 1.54) is 30.0 Å². The van der Waals surface area contributed by atoms with Crippen molar-refractivity contribution in [1.82, 2.24) is 0 Å². The molecule has 0 amide bonds. The normalized spacial score (nSPS) is 16.8. The summed E-state index contributed by atoms with van der Waals surface area (Å²) in [5, 5.41) is 3.59. The van der Waals surface area contributed by atoms with E-state index in [1.807, 2.05) is 17.8 Å². The molecule has 17 heavy (non-hydrogen) atoms. The Morgan fingerprint density at radius 2 is 2.12 bits per heavy atom. The molecule has 3 N–H and O–H groups in total. The number of anilines is 1. The molecule has 4 heteroatoms. The molecule has 1 aromatic rings. The molecule has 0 radical (unpaired) electrons. The van der Waals surface area contributed by atoms with Crippen LogP contribution in [0.25, 0.3) is 0 Å². The number of hydrogen-bond donors (Lipinski definition) is 2. The Bertz CT molecular complexity index is 412. The number of nitrogens with one attached hydrogen (secondary N) is 1. The van der Waals surface area contributed by atoms with Gasteiger partial charge in [0.05, 0.1) is 0 Å². The number of aryl methyl sites for hydroxylation is 1. The van der Waals surface area contributed by atoms with Crippen LogP contribution in [-0.4, -0.2) is 22.5 Å². The second-order valence-electron chi connectivity index (χ2n) is 4.42. The van der Waals surface area contributed by atoms with Crippen molar-refractivity contribution in [2.45, 2.75) is 25.8 Å². The molecule has 0 aliphatic carbocycles. The van der Waals surface area contributed by atoms with Crippen molar-refractivity contribution >= 4 is 34.7 Å². The summed E-state index contributed by atoms with van der Waals surface area (Å²) in [7, 11) is 0. The molecule has 0 saturated carbocycles. The Morgan fingerprint density at radius 1 is 1.41 bits per heavy atom. The molecule has 0 bridgehead atoms. The Kier molecular flexibility index (Phi) is 4.29. The third-order valence-electron chi connectivity index (χ3n) is 3.08. The highest BCUT2D eigenvalue weighted by atomic mass is 32.2. The monoisotopic (exact) mass is 266 g/mol. The van der Waals surface area contributed by atoms with Gasteiger partial charge in [-0.25, -0.2) is 0 Å². The van der Waals surface area contributed by atoms with Gasteiger partial charge in [-0.3, -0.25) is 0 Å². The number of hydrogen-bond acceptors (Lipinski definition) is 3. The third kappa shape index (κ3) is 3.36. The van der Waals surface area contributed by atoms with Crippen LogP contribution >= 0.6 is 24.0 Å². The average Bonchev–Trinajstić information content (AvgIpc) is 2.30. The van der Waals surface area contributed by atoms with Gasteiger partial charge in [0.15, 0.2) is 0 Å². The van der Waals surface area contributed by atoms with Crippen LogP contribution in [0.5, 0.6) is 0 Å². The van der Waals surface area contributed by atoms with E-state index in [0.717, 1.165) is 11.1 Å². The van der Waals surface area contributed by atoms with Crippen LogP contribution < -0.4 is 11.1 Å². The first-order valence-electron chi connectivity index (χ1n) is 5.91. The zero-order valence-electron chi connectivity index (χ0n) is 10.0. The van der Waals surface area contributed by atoms with Gasteiger partial charge in [0.2, 0.25) is 0 Å². The summed E-state index contributed by atoms with van der Waals surface area (Å²) in [5.74, 6) is 2.53. The van der Waals surface area contributed by atoms with Gasteiger partial charge in [0, 0.05) is 17.3 Å². The molecular weight excluding hydrogens is 248 g/mol. The van der Waals surface area contributed by atoms with Crippen LogP contribution in [0.2, 0.25) is 0 Å². The maximum atomic E-state index is 5.66. The Balaban J connectivity index is 2.06. The predicted molar refractivity (Wildman–Crippen MR) is 81.0 cm³/mol. The summed E-state index contributed by atoms with van der Waals surface area (Å²) in [6.45, 7) is 2.05. The first kappa shape index (κ1) is 12.7. The van der Waals surface area contributed by atoms with Crippen LogP contribution in [0.4, 0.5) is 5.69 Å². The molecule has 1 aliphatic heterocycles. The number of thiocarbonyl (C=S) groups is 1.